The average molecular weight is 586 g/mol. The number of amides is 1. The number of benzene rings is 2. The van der Waals surface area contributed by atoms with Crippen molar-refractivity contribution in [3.8, 4) is 11.3 Å². The van der Waals surface area contributed by atoms with E-state index >= 15 is 0 Å². The molecule has 0 spiro atoms. The molecule has 4 aromatic rings. The number of hydrogen-bond donors (Lipinski definition) is 2. The minimum absolute atomic E-state index is 0.117. The third-order valence-electron chi connectivity index (χ3n) is 6.25. The molecule has 3 heterocycles. The number of furan rings is 1. The van der Waals surface area contributed by atoms with Crippen LogP contribution in [0.3, 0.4) is 0 Å². The molecule has 2 aromatic heterocycles. The molecule has 0 unspecified atom stereocenters. The average Bonchev–Trinajstić information content (AvgIpc) is 3.52. The van der Waals surface area contributed by atoms with E-state index in [0.717, 1.165) is 11.4 Å². The number of rotatable bonds is 6. The number of thiocarbonyl (C=S) groups is 1. The first-order chi connectivity index (χ1) is 18.2. The summed E-state index contributed by atoms with van der Waals surface area (Å²) in [6.07, 6.45) is 1.74. The Hall–Kier alpha value is -3.10. The van der Waals surface area contributed by atoms with Crippen LogP contribution < -0.4 is 15.5 Å². The largest absolute Gasteiger partial charge is 0.459 e. The molecule has 1 aliphatic heterocycles. The third-order valence-corrected chi connectivity index (χ3v) is 7.69. The van der Waals surface area contributed by atoms with Crippen LogP contribution in [0.15, 0.2) is 77.3 Å². The maximum absolute atomic E-state index is 12.2. The van der Waals surface area contributed by atoms with Gasteiger partial charge >= 0.3 is 0 Å². The van der Waals surface area contributed by atoms with Gasteiger partial charge < -0.3 is 20.0 Å². The lowest BCUT2D eigenvalue weighted by Crippen LogP contribution is -2.29. The Bertz CT molecular complexity index is 1510. The summed E-state index contributed by atoms with van der Waals surface area (Å²) in [5, 5.41) is 7.99. The van der Waals surface area contributed by atoms with Crippen molar-refractivity contribution in [2.45, 2.75) is 25.9 Å². The highest BCUT2D eigenvalue weighted by atomic mass is 35.5. The number of hydrogen-bond acceptors (Lipinski definition) is 4. The first kappa shape index (κ1) is 26.5. The van der Waals surface area contributed by atoms with Gasteiger partial charge in [0.05, 0.1) is 32.5 Å². The molecule has 1 fully saturated rings. The molecule has 194 valence electrons. The molecular weight excluding hydrogens is 563 g/mol. The third kappa shape index (κ3) is 5.12. The van der Waals surface area contributed by atoms with Crippen LogP contribution in [0, 0.1) is 5.92 Å². The molecule has 6 nitrogen and oxygen atoms in total. The zero-order valence-corrected chi connectivity index (χ0v) is 23.5. The van der Waals surface area contributed by atoms with Crippen LogP contribution in [0.4, 0.5) is 11.4 Å². The summed E-state index contributed by atoms with van der Waals surface area (Å²) >= 11 is 25.1. The first-order valence-electron chi connectivity index (χ1n) is 11.9. The van der Waals surface area contributed by atoms with Gasteiger partial charge in [-0.1, -0.05) is 60.8 Å². The maximum atomic E-state index is 12.2. The number of pyridine rings is 1. The van der Waals surface area contributed by atoms with Gasteiger partial charge in [-0.25, -0.2) is 0 Å². The predicted molar refractivity (Wildman–Crippen MR) is 157 cm³/mol. The van der Waals surface area contributed by atoms with Crippen LogP contribution in [0.25, 0.3) is 11.3 Å². The standard InChI is InChI=1S/C28H23Cl3N4O2S/c1-15(2)27(36)33-20-10-9-16(14-19(20)30)35-26(25(34-28(35)38)21-8-3-4-13-32-21)23-12-11-22(37-23)17-6-5-7-18(29)24(17)31/h3-15,25-26H,1-2H3,(H,33,36)(H,34,38)/t25-,26+/m0/s1. The fourth-order valence-electron chi connectivity index (χ4n) is 4.30. The van der Waals surface area contributed by atoms with Crippen molar-refractivity contribution < 1.29 is 9.21 Å². The van der Waals surface area contributed by atoms with E-state index in [1.165, 1.54) is 0 Å². The smallest absolute Gasteiger partial charge is 0.226 e. The molecule has 5 rings (SSSR count). The van der Waals surface area contributed by atoms with E-state index < -0.39 is 6.04 Å². The van der Waals surface area contributed by atoms with E-state index in [9.17, 15) is 4.79 Å². The number of nitrogens with zero attached hydrogens (tertiary/aromatic N) is 2. The number of nitrogens with one attached hydrogen (secondary N) is 2. The number of aromatic nitrogens is 1. The fourth-order valence-corrected chi connectivity index (χ4v) is 5.27. The molecule has 0 aliphatic carbocycles. The Morgan fingerprint density at radius 3 is 2.58 bits per heavy atom. The number of carbonyl (C=O) groups excluding carboxylic acids is 1. The van der Waals surface area contributed by atoms with Crippen LogP contribution >= 0.6 is 47.0 Å². The predicted octanol–water partition coefficient (Wildman–Crippen LogP) is 8.07. The van der Waals surface area contributed by atoms with Crippen molar-refractivity contribution >= 4 is 69.4 Å². The second kappa shape index (κ2) is 10.9. The summed E-state index contributed by atoms with van der Waals surface area (Å²) in [7, 11) is 0. The summed E-state index contributed by atoms with van der Waals surface area (Å²) < 4.78 is 6.37. The van der Waals surface area contributed by atoms with Crippen molar-refractivity contribution in [1.82, 2.24) is 10.3 Å². The van der Waals surface area contributed by atoms with Gasteiger partial charge in [-0.15, -0.1) is 0 Å². The summed E-state index contributed by atoms with van der Waals surface area (Å²) in [5.41, 5.74) is 2.75. The molecular formula is C28H23Cl3N4O2S. The Labute approximate surface area is 240 Å². The minimum Gasteiger partial charge on any atom is -0.459 e. The normalized spacial score (nSPS) is 17.1. The number of halogens is 3. The van der Waals surface area contributed by atoms with E-state index in [1.54, 1.807) is 24.4 Å². The van der Waals surface area contributed by atoms with Crippen molar-refractivity contribution in [2.24, 2.45) is 5.92 Å². The van der Waals surface area contributed by atoms with Crippen molar-refractivity contribution in [2.75, 3.05) is 10.2 Å². The second-order valence-electron chi connectivity index (χ2n) is 9.11. The van der Waals surface area contributed by atoms with Gasteiger partial charge in [0, 0.05) is 23.4 Å². The highest BCUT2D eigenvalue weighted by molar-refractivity contribution is 7.80. The Kier molecular flexibility index (Phi) is 7.63. The van der Waals surface area contributed by atoms with Gasteiger partial charge in [-0.3, -0.25) is 9.78 Å². The summed E-state index contributed by atoms with van der Waals surface area (Å²) in [6, 6.07) is 19.6. The van der Waals surface area contributed by atoms with Crippen LogP contribution in [0.1, 0.15) is 37.4 Å². The minimum atomic E-state index is -0.392. The Balaban J connectivity index is 1.56. The van der Waals surface area contributed by atoms with Crippen LogP contribution in [0.2, 0.25) is 15.1 Å². The molecule has 0 radical (unpaired) electrons. The lowest BCUT2D eigenvalue weighted by molar-refractivity contribution is -0.118. The van der Waals surface area contributed by atoms with Gasteiger partial charge in [0.1, 0.15) is 17.6 Å². The molecule has 1 saturated heterocycles. The molecule has 0 saturated carbocycles. The fraction of sp³-hybridized carbons (Fsp3) is 0.179. The molecule has 1 aliphatic rings. The van der Waals surface area contributed by atoms with Crippen LogP contribution in [0.5, 0.6) is 0 Å². The van der Waals surface area contributed by atoms with E-state index in [0.29, 0.717) is 43.0 Å². The number of carbonyl (C=O) groups is 1. The van der Waals surface area contributed by atoms with Crippen molar-refractivity contribution in [3.63, 3.8) is 0 Å². The lowest BCUT2D eigenvalue weighted by Gasteiger charge is -2.26. The zero-order chi connectivity index (χ0) is 27.0. The molecule has 10 heteroatoms. The topological polar surface area (TPSA) is 70.4 Å². The Morgan fingerprint density at radius 1 is 1.05 bits per heavy atom. The van der Waals surface area contributed by atoms with E-state index in [-0.39, 0.29) is 17.9 Å². The molecule has 1 amide bonds. The Morgan fingerprint density at radius 2 is 1.87 bits per heavy atom. The van der Waals surface area contributed by atoms with Crippen molar-refractivity contribution in [3.05, 3.63) is 99.4 Å². The molecule has 2 aromatic carbocycles. The van der Waals surface area contributed by atoms with Gasteiger partial charge in [0.15, 0.2) is 5.11 Å². The van der Waals surface area contributed by atoms with Crippen LogP contribution in [-0.2, 0) is 4.79 Å². The van der Waals surface area contributed by atoms with E-state index in [4.69, 9.17) is 51.4 Å². The number of anilines is 2. The molecule has 2 atom stereocenters. The summed E-state index contributed by atoms with van der Waals surface area (Å²) in [6.45, 7) is 3.64. The quantitative estimate of drug-likeness (QED) is 0.223. The first-order valence-corrected chi connectivity index (χ1v) is 13.4. The monoisotopic (exact) mass is 584 g/mol. The van der Waals surface area contributed by atoms with Crippen LogP contribution in [-0.4, -0.2) is 16.0 Å². The highest BCUT2D eigenvalue weighted by Crippen LogP contribution is 2.45. The summed E-state index contributed by atoms with van der Waals surface area (Å²) in [5.74, 6) is 0.932. The summed E-state index contributed by atoms with van der Waals surface area (Å²) in [4.78, 5) is 18.7. The molecule has 38 heavy (non-hydrogen) atoms. The zero-order valence-electron chi connectivity index (χ0n) is 20.4. The second-order valence-corrected chi connectivity index (χ2v) is 10.7. The van der Waals surface area contributed by atoms with Gasteiger partial charge in [0.2, 0.25) is 5.91 Å². The van der Waals surface area contributed by atoms with E-state index in [1.807, 2.05) is 67.3 Å². The highest BCUT2D eigenvalue weighted by Gasteiger charge is 2.42. The van der Waals surface area contributed by atoms with Crippen molar-refractivity contribution in [1.29, 1.82) is 0 Å². The maximum Gasteiger partial charge on any atom is 0.226 e. The van der Waals surface area contributed by atoms with Gasteiger partial charge in [-0.2, -0.15) is 0 Å². The van der Waals surface area contributed by atoms with Gasteiger partial charge in [0.25, 0.3) is 0 Å². The molecule has 2 N–H and O–H groups in total. The SMILES string of the molecule is CC(C)C(=O)Nc1ccc(N2C(=S)N[C@@H](c3ccccn3)[C@H]2c2ccc(-c3cccc(Cl)c3Cl)o2)cc1Cl. The molecule has 0 bridgehead atoms. The van der Waals surface area contributed by atoms with E-state index in [2.05, 4.69) is 15.6 Å². The van der Waals surface area contributed by atoms with Gasteiger partial charge in [-0.05, 0) is 66.8 Å². The lowest BCUT2D eigenvalue weighted by atomic mass is 10.0.